The Hall–Kier alpha value is -1.68. The van der Waals surface area contributed by atoms with E-state index in [1.165, 1.54) is 0 Å². The van der Waals surface area contributed by atoms with Crippen LogP contribution >= 0.6 is 0 Å². The monoisotopic (exact) mass is 249 g/mol. The van der Waals surface area contributed by atoms with Gasteiger partial charge in [0.05, 0.1) is 6.61 Å². The van der Waals surface area contributed by atoms with Gasteiger partial charge >= 0.3 is 0 Å². The van der Waals surface area contributed by atoms with Gasteiger partial charge in [0.25, 0.3) is 0 Å². The van der Waals surface area contributed by atoms with Crippen molar-refractivity contribution < 1.29 is 14.3 Å². The van der Waals surface area contributed by atoms with Crippen LogP contribution in [0.1, 0.15) is 30.1 Å². The van der Waals surface area contributed by atoms with Gasteiger partial charge in [-0.15, -0.1) is 0 Å². The van der Waals surface area contributed by atoms with Crippen LogP contribution in [-0.2, 0) is 4.79 Å². The lowest BCUT2D eigenvalue weighted by Crippen LogP contribution is -2.27. The van der Waals surface area contributed by atoms with Crippen LogP contribution in [0.15, 0.2) is 24.3 Å². The second kappa shape index (κ2) is 8.42. The summed E-state index contributed by atoms with van der Waals surface area (Å²) in [5, 5.41) is 3.09. The summed E-state index contributed by atoms with van der Waals surface area (Å²) in [6.45, 7) is 4.35. The Labute approximate surface area is 107 Å². The Bertz CT molecular complexity index is 365. The molecule has 0 bridgehead atoms. The van der Waals surface area contributed by atoms with Gasteiger partial charge in [-0.3, -0.25) is 9.59 Å². The van der Waals surface area contributed by atoms with E-state index in [1.807, 2.05) is 6.92 Å². The Morgan fingerprint density at radius 2 is 1.83 bits per heavy atom. The molecule has 0 aromatic heterocycles. The maximum absolute atomic E-state index is 10.4. The molecule has 1 N–H and O–H groups in total. The minimum absolute atomic E-state index is 0.402. The first-order valence-corrected chi connectivity index (χ1v) is 6.16. The lowest BCUT2D eigenvalue weighted by Gasteiger charge is -2.08. The molecule has 0 unspecified atom stereocenters. The van der Waals surface area contributed by atoms with E-state index < -0.39 is 0 Å². The van der Waals surface area contributed by atoms with E-state index in [9.17, 15) is 9.59 Å². The number of hydrogen-bond acceptors (Lipinski definition) is 4. The van der Waals surface area contributed by atoms with Crippen molar-refractivity contribution in [3.05, 3.63) is 29.8 Å². The number of ether oxygens (including phenoxy) is 1. The molecule has 1 aromatic rings. The molecule has 1 fully saturated rings. The van der Waals surface area contributed by atoms with Crippen LogP contribution in [0.5, 0.6) is 5.75 Å². The van der Waals surface area contributed by atoms with E-state index in [2.05, 4.69) is 5.32 Å². The highest BCUT2D eigenvalue weighted by atomic mass is 16.5. The lowest BCUT2D eigenvalue weighted by molar-refractivity contribution is -0.119. The number of aldehydes is 1. The zero-order chi connectivity index (χ0) is 13.2. The van der Waals surface area contributed by atoms with Crippen molar-refractivity contribution in [3.63, 3.8) is 0 Å². The third kappa shape index (κ3) is 5.59. The van der Waals surface area contributed by atoms with E-state index in [1.54, 1.807) is 24.3 Å². The van der Waals surface area contributed by atoms with Gasteiger partial charge < -0.3 is 10.1 Å². The molecule has 0 saturated carbocycles. The molecular weight excluding hydrogens is 230 g/mol. The quantitative estimate of drug-likeness (QED) is 0.830. The highest BCUT2D eigenvalue weighted by Gasteiger charge is 2.04. The summed E-state index contributed by atoms with van der Waals surface area (Å²) in [5.41, 5.74) is 0.674. The molecular formula is C14H19NO3. The average molecular weight is 249 g/mol. The van der Waals surface area contributed by atoms with Crippen LogP contribution in [-0.4, -0.2) is 31.8 Å². The summed E-state index contributed by atoms with van der Waals surface area (Å²) in [6, 6.07) is 7.04. The second-order valence-electron chi connectivity index (χ2n) is 3.91. The topological polar surface area (TPSA) is 55.4 Å². The number of carbonyl (C=O) groups excluding carboxylic acids is 2. The molecule has 4 heteroatoms. The highest BCUT2D eigenvalue weighted by molar-refractivity contribution is 5.79. The molecule has 1 aliphatic heterocycles. The van der Waals surface area contributed by atoms with Crippen LogP contribution in [0.4, 0.5) is 0 Å². The van der Waals surface area contributed by atoms with E-state index >= 15 is 0 Å². The number of nitrogens with one attached hydrogen (secondary N) is 1. The predicted octanol–water partition coefficient (Wildman–Crippen LogP) is 1.84. The minimum Gasteiger partial charge on any atom is -0.494 e. The second-order valence-corrected chi connectivity index (χ2v) is 3.91. The third-order valence-electron chi connectivity index (χ3n) is 2.49. The van der Waals surface area contributed by atoms with Gasteiger partial charge in [-0.2, -0.15) is 0 Å². The number of Topliss-reactive ketones (excluding diaryl/α,β-unsaturated/α-hetero) is 1. The van der Waals surface area contributed by atoms with E-state index in [0.717, 1.165) is 38.0 Å². The Balaban J connectivity index is 0.000000199. The molecule has 1 heterocycles. The molecule has 0 aliphatic carbocycles. The molecule has 1 aliphatic rings. The Kier molecular flexibility index (Phi) is 6.72. The molecule has 0 spiro atoms. The van der Waals surface area contributed by atoms with Crippen molar-refractivity contribution in [2.24, 2.45) is 0 Å². The summed E-state index contributed by atoms with van der Waals surface area (Å²) in [6.07, 6.45) is 2.29. The fourth-order valence-electron chi connectivity index (χ4n) is 1.51. The van der Waals surface area contributed by atoms with Crippen molar-refractivity contribution >= 4 is 12.1 Å². The van der Waals surface area contributed by atoms with Gasteiger partial charge in [-0.25, -0.2) is 0 Å². The fourth-order valence-corrected chi connectivity index (χ4v) is 1.51. The van der Waals surface area contributed by atoms with Crippen LogP contribution in [0.3, 0.4) is 0 Å². The standard InChI is InChI=1S/C9H10O2.C5H9NO/c1-2-11-9-5-3-8(7-10)4-6-9;7-5-1-3-6-4-2-5/h3-7H,2H2,1H3;6H,1-4H2. The Morgan fingerprint density at radius 3 is 2.22 bits per heavy atom. The van der Waals surface area contributed by atoms with Crippen molar-refractivity contribution in [2.45, 2.75) is 19.8 Å². The lowest BCUT2D eigenvalue weighted by atomic mass is 10.1. The molecule has 0 atom stereocenters. The smallest absolute Gasteiger partial charge is 0.150 e. The van der Waals surface area contributed by atoms with Gasteiger partial charge in [0.1, 0.15) is 17.8 Å². The van der Waals surface area contributed by atoms with Crippen LogP contribution in [0.2, 0.25) is 0 Å². The Morgan fingerprint density at radius 1 is 1.22 bits per heavy atom. The van der Waals surface area contributed by atoms with E-state index in [4.69, 9.17) is 4.74 Å². The molecule has 98 valence electrons. The van der Waals surface area contributed by atoms with Crippen LogP contribution in [0, 0.1) is 0 Å². The molecule has 1 saturated heterocycles. The fraction of sp³-hybridized carbons (Fsp3) is 0.429. The van der Waals surface area contributed by atoms with Crippen LogP contribution < -0.4 is 10.1 Å². The van der Waals surface area contributed by atoms with Gasteiger partial charge in [-0.1, -0.05) is 0 Å². The number of carbonyl (C=O) groups is 2. The van der Waals surface area contributed by atoms with Crippen molar-refractivity contribution in [3.8, 4) is 5.75 Å². The maximum Gasteiger partial charge on any atom is 0.150 e. The van der Waals surface area contributed by atoms with Crippen LogP contribution in [0.25, 0.3) is 0 Å². The summed E-state index contributed by atoms with van der Waals surface area (Å²) < 4.78 is 5.19. The van der Waals surface area contributed by atoms with Gasteiger partial charge in [0, 0.05) is 31.5 Å². The third-order valence-corrected chi connectivity index (χ3v) is 2.49. The molecule has 0 amide bonds. The molecule has 4 nitrogen and oxygen atoms in total. The molecule has 1 aromatic carbocycles. The summed E-state index contributed by atoms with van der Waals surface area (Å²) in [4.78, 5) is 20.7. The first kappa shape index (κ1) is 14.4. The average Bonchev–Trinajstić information content (AvgIpc) is 2.42. The summed E-state index contributed by atoms with van der Waals surface area (Å²) >= 11 is 0. The largest absolute Gasteiger partial charge is 0.494 e. The highest BCUT2D eigenvalue weighted by Crippen LogP contribution is 2.10. The van der Waals surface area contributed by atoms with Crippen molar-refractivity contribution in [1.29, 1.82) is 0 Å². The number of benzene rings is 1. The van der Waals surface area contributed by atoms with Gasteiger partial charge in [0.15, 0.2) is 0 Å². The first-order valence-electron chi connectivity index (χ1n) is 6.16. The van der Waals surface area contributed by atoms with Gasteiger partial charge in [-0.05, 0) is 31.2 Å². The van der Waals surface area contributed by atoms with Crippen molar-refractivity contribution in [1.82, 2.24) is 5.32 Å². The molecule has 2 rings (SSSR count). The number of rotatable bonds is 3. The number of ketones is 1. The predicted molar refractivity (Wildman–Crippen MR) is 70.1 cm³/mol. The first-order chi connectivity index (χ1) is 8.76. The summed E-state index contributed by atoms with van der Waals surface area (Å²) in [7, 11) is 0. The van der Waals surface area contributed by atoms with E-state index in [-0.39, 0.29) is 0 Å². The zero-order valence-corrected chi connectivity index (χ0v) is 10.6. The number of piperidine rings is 1. The minimum atomic E-state index is 0.402. The van der Waals surface area contributed by atoms with E-state index in [0.29, 0.717) is 18.0 Å². The molecule has 18 heavy (non-hydrogen) atoms. The maximum atomic E-state index is 10.4. The van der Waals surface area contributed by atoms with Gasteiger partial charge in [0.2, 0.25) is 0 Å². The van der Waals surface area contributed by atoms with Crippen molar-refractivity contribution in [2.75, 3.05) is 19.7 Å². The SMILES string of the molecule is CCOc1ccc(C=O)cc1.O=C1CCNCC1. The number of hydrogen-bond donors (Lipinski definition) is 1. The summed E-state index contributed by atoms with van der Waals surface area (Å²) in [5.74, 6) is 1.21. The zero-order valence-electron chi connectivity index (χ0n) is 10.6. The molecule has 0 radical (unpaired) electrons. The normalized spacial score (nSPS) is 14.4.